The highest BCUT2D eigenvalue weighted by atomic mass is 15.2. The molecule has 0 aromatic heterocycles. The zero-order chi connectivity index (χ0) is 12.8. The van der Waals surface area contributed by atoms with Crippen LogP contribution in [0.25, 0.3) is 0 Å². The summed E-state index contributed by atoms with van der Waals surface area (Å²) >= 11 is 0. The Morgan fingerprint density at radius 1 is 1.17 bits per heavy atom. The van der Waals surface area contributed by atoms with Crippen molar-refractivity contribution in [1.29, 1.82) is 0 Å². The van der Waals surface area contributed by atoms with Gasteiger partial charge >= 0.3 is 0 Å². The third-order valence-corrected chi connectivity index (χ3v) is 5.22. The van der Waals surface area contributed by atoms with Crippen molar-refractivity contribution in [3.8, 4) is 0 Å². The molecule has 1 atom stereocenters. The van der Waals surface area contributed by atoms with Crippen LogP contribution < -0.4 is 5.73 Å². The molecule has 0 amide bonds. The number of rotatable bonds is 5. The predicted molar refractivity (Wildman–Crippen MR) is 78.6 cm³/mol. The number of nitrogens with zero attached hydrogens (tertiary/aromatic N) is 1. The van der Waals surface area contributed by atoms with Gasteiger partial charge in [-0.25, -0.2) is 0 Å². The Morgan fingerprint density at radius 2 is 1.89 bits per heavy atom. The minimum absolute atomic E-state index is 0.456. The van der Waals surface area contributed by atoms with Crippen molar-refractivity contribution in [2.75, 3.05) is 26.2 Å². The third kappa shape index (κ3) is 3.71. The average molecular weight is 252 g/mol. The Morgan fingerprint density at radius 3 is 2.50 bits per heavy atom. The number of nitrogens with two attached hydrogens (primary N) is 1. The largest absolute Gasteiger partial charge is 0.330 e. The molecule has 18 heavy (non-hydrogen) atoms. The molecule has 1 heterocycles. The summed E-state index contributed by atoms with van der Waals surface area (Å²) in [5.74, 6) is 0.968. The summed E-state index contributed by atoms with van der Waals surface area (Å²) < 4.78 is 0. The Labute approximate surface area is 113 Å². The molecule has 2 fully saturated rings. The smallest absolute Gasteiger partial charge is 0.00502 e. The van der Waals surface area contributed by atoms with Gasteiger partial charge in [-0.3, -0.25) is 0 Å². The molecule has 106 valence electrons. The van der Waals surface area contributed by atoms with Crippen LogP contribution in [0.3, 0.4) is 0 Å². The average Bonchev–Trinajstić information content (AvgIpc) is 2.67. The summed E-state index contributed by atoms with van der Waals surface area (Å²) in [7, 11) is 0. The molecule has 0 aromatic rings. The van der Waals surface area contributed by atoms with Crippen molar-refractivity contribution in [3.05, 3.63) is 0 Å². The Hall–Kier alpha value is -0.0800. The molecular weight excluding hydrogens is 220 g/mol. The van der Waals surface area contributed by atoms with E-state index < -0.39 is 0 Å². The van der Waals surface area contributed by atoms with Crippen molar-refractivity contribution in [3.63, 3.8) is 0 Å². The highest BCUT2D eigenvalue weighted by Crippen LogP contribution is 2.36. The number of hydrogen-bond donors (Lipinski definition) is 1. The highest BCUT2D eigenvalue weighted by molar-refractivity contribution is 4.88. The maximum Gasteiger partial charge on any atom is 0.00502 e. The van der Waals surface area contributed by atoms with Crippen molar-refractivity contribution in [1.82, 2.24) is 4.90 Å². The van der Waals surface area contributed by atoms with Gasteiger partial charge in [0.1, 0.15) is 0 Å². The topological polar surface area (TPSA) is 29.3 Å². The highest BCUT2D eigenvalue weighted by Gasteiger charge is 2.33. The quantitative estimate of drug-likeness (QED) is 0.760. The van der Waals surface area contributed by atoms with Gasteiger partial charge in [0.2, 0.25) is 0 Å². The lowest BCUT2D eigenvalue weighted by molar-refractivity contribution is 0.153. The molecule has 0 spiro atoms. The van der Waals surface area contributed by atoms with Crippen LogP contribution in [0.5, 0.6) is 0 Å². The van der Waals surface area contributed by atoms with E-state index in [1.807, 2.05) is 0 Å². The zero-order valence-corrected chi connectivity index (χ0v) is 12.3. The fraction of sp³-hybridized carbons (Fsp3) is 1.00. The van der Waals surface area contributed by atoms with Gasteiger partial charge in [0.25, 0.3) is 0 Å². The molecule has 1 aliphatic carbocycles. The van der Waals surface area contributed by atoms with E-state index in [1.165, 1.54) is 77.4 Å². The molecule has 2 rings (SSSR count). The van der Waals surface area contributed by atoms with Crippen LogP contribution >= 0.6 is 0 Å². The summed E-state index contributed by atoms with van der Waals surface area (Å²) in [4.78, 5) is 2.72. The van der Waals surface area contributed by atoms with E-state index in [0.29, 0.717) is 5.41 Å². The normalized spacial score (nSPS) is 29.3. The summed E-state index contributed by atoms with van der Waals surface area (Å²) in [5.41, 5.74) is 6.61. The van der Waals surface area contributed by atoms with E-state index in [1.54, 1.807) is 0 Å². The summed E-state index contributed by atoms with van der Waals surface area (Å²) in [6, 6.07) is 0. The molecule has 0 bridgehead atoms. The van der Waals surface area contributed by atoms with Gasteiger partial charge < -0.3 is 10.6 Å². The molecule has 2 heteroatoms. The molecule has 1 unspecified atom stereocenters. The lowest BCUT2D eigenvalue weighted by atomic mass is 9.80. The van der Waals surface area contributed by atoms with Gasteiger partial charge in [-0.1, -0.05) is 39.0 Å². The first kappa shape index (κ1) is 14.3. The first-order valence-corrected chi connectivity index (χ1v) is 8.20. The second kappa shape index (κ2) is 6.91. The lowest BCUT2D eigenvalue weighted by Gasteiger charge is -2.35. The van der Waals surface area contributed by atoms with Crippen LogP contribution in [0, 0.1) is 11.3 Å². The van der Waals surface area contributed by atoms with Gasteiger partial charge in [-0.15, -0.1) is 0 Å². The minimum atomic E-state index is 0.456. The van der Waals surface area contributed by atoms with Crippen LogP contribution in [-0.4, -0.2) is 31.1 Å². The predicted octanol–water partition coefficient (Wildman–Crippen LogP) is 3.41. The zero-order valence-electron chi connectivity index (χ0n) is 12.3. The van der Waals surface area contributed by atoms with Gasteiger partial charge in [0.15, 0.2) is 0 Å². The summed E-state index contributed by atoms with van der Waals surface area (Å²) in [6.07, 6.45) is 12.6. The molecule has 1 saturated carbocycles. The van der Waals surface area contributed by atoms with Crippen molar-refractivity contribution < 1.29 is 0 Å². The molecule has 2 aliphatic rings. The van der Waals surface area contributed by atoms with Crippen molar-refractivity contribution in [2.45, 2.75) is 64.7 Å². The third-order valence-electron chi connectivity index (χ3n) is 5.22. The van der Waals surface area contributed by atoms with Crippen molar-refractivity contribution >= 4 is 0 Å². The second-order valence-electron chi connectivity index (χ2n) is 6.80. The molecule has 1 saturated heterocycles. The van der Waals surface area contributed by atoms with Gasteiger partial charge in [-0.05, 0) is 50.1 Å². The van der Waals surface area contributed by atoms with E-state index >= 15 is 0 Å². The monoisotopic (exact) mass is 252 g/mol. The maximum absolute atomic E-state index is 6.15. The molecular formula is C16H32N2. The Kier molecular flexibility index (Phi) is 5.50. The molecule has 0 aromatic carbocycles. The fourth-order valence-corrected chi connectivity index (χ4v) is 4.08. The second-order valence-corrected chi connectivity index (χ2v) is 6.80. The molecule has 2 N–H and O–H groups in total. The SMILES string of the molecule is CCCC1CCN(CC2(CN)CCCCCC2)C1. The first-order valence-electron chi connectivity index (χ1n) is 8.20. The number of hydrogen-bond acceptors (Lipinski definition) is 2. The Bertz CT molecular complexity index is 231. The first-order chi connectivity index (χ1) is 8.78. The van der Waals surface area contributed by atoms with Crippen LogP contribution in [0.2, 0.25) is 0 Å². The van der Waals surface area contributed by atoms with Crippen LogP contribution in [0.15, 0.2) is 0 Å². The van der Waals surface area contributed by atoms with E-state index in [-0.39, 0.29) is 0 Å². The van der Waals surface area contributed by atoms with Gasteiger partial charge in [0, 0.05) is 13.1 Å². The van der Waals surface area contributed by atoms with Crippen LogP contribution in [0.1, 0.15) is 64.7 Å². The maximum atomic E-state index is 6.15. The van der Waals surface area contributed by atoms with Crippen LogP contribution in [0.4, 0.5) is 0 Å². The van der Waals surface area contributed by atoms with E-state index in [0.717, 1.165) is 12.5 Å². The fourth-order valence-electron chi connectivity index (χ4n) is 4.08. The molecule has 0 radical (unpaired) electrons. The standard InChI is InChI=1S/C16H32N2/c1-2-7-15-8-11-18(12-15)14-16(13-17)9-5-3-4-6-10-16/h15H,2-14,17H2,1H3. The van der Waals surface area contributed by atoms with Crippen LogP contribution in [-0.2, 0) is 0 Å². The van der Waals surface area contributed by atoms with E-state index in [2.05, 4.69) is 11.8 Å². The number of likely N-dealkylation sites (tertiary alicyclic amines) is 1. The lowest BCUT2D eigenvalue weighted by Crippen LogP contribution is -2.41. The molecule has 1 aliphatic heterocycles. The van der Waals surface area contributed by atoms with Crippen molar-refractivity contribution in [2.24, 2.45) is 17.1 Å². The van der Waals surface area contributed by atoms with E-state index in [4.69, 9.17) is 5.73 Å². The van der Waals surface area contributed by atoms with Gasteiger partial charge in [0.05, 0.1) is 0 Å². The summed E-state index contributed by atoms with van der Waals surface area (Å²) in [6.45, 7) is 7.17. The van der Waals surface area contributed by atoms with E-state index in [9.17, 15) is 0 Å². The summed E-state index contributed by atoms with van der Waals surface area (Å²) in [5, 5.41) is 0. The minimum Gasteiger partial charge on any atom is -0.330 e. The van der Waals surface area contributed by atoms with Gasteiger partial charge in [-0.2, -0.15) is 0 Å². The molecule has 2 nitrogen and oxygen atoms in total. The Balaban J connectivity index is 1.86.